The molecule has 0 amide bonds. The fourth-order valence-electron chi connectivity index (χ4n) is 3.05. The Morgan fingerprint density at radius 3 is 2.64 bits per heavy atom. The first-order chi connectivity index (χ1) is 10.5. The van der Waals surface area contributed by atoms with Crippen molar-refractivity contribution < 1.29 is 14.8 Å². The van der Waals surface area contributed by atoms with Crippen LogP contribution in [-0.4, -0.2) is 46.3 Å². The Hall–Kier alpha value is -1.66. The zero-order chi connectivity index (χ0) is 16.1. The SMILES string of the molecule is CC1CCCC(C)N1CC(O)COc1ccccc1[N+](=O)[O-]. The van der Waals surface area contributed by atoms with Crippen LogP contribution in [0, 0.1) is 10.1 Å². The van der Waals surface area contributed by atoms with Gasteiger partial charge in [0.1, 0.15) is 12.7 Å². The molecule has 22 heavy (non-hydrogen) atoms. The number of nitrogens with zero attached hydrogens (tertiary/aromatic N) is 2. The smallest absolute Gasteiger partial charge is 0.310 e. The van der Waals surface area contributed by atoms with E-state index in [-0.39, 0.29) is 18.0 Å². The third-order valence-corrected chi connectivity index (χ3v) is 4.29. The molecule has 122 valence electrons. The van der Waals surface area contributed by atoms with Crippen LogP contribution in [0.4, 0.5) is 5.69 Å². The van der Waals surface area contributed by atoms with Crippen LogP contribution in [0.15, 0.2) is 24.3 Å². The summed E-state index contributed by atoms with van der Waals surface area (Å²) in [6, 6.07) is 7.13. The second kappa shape index (κ2) is 7.56. The van der Waals surface area contributed by atoms with Crippen molar-refractivity contribution in [3.05, 3.63) is 34.4 Å². The van der Waals surface area contributed by atoms with Gasteiger partial charge in [-0.3, -0.25) is 15.0 Å². The molecule has 3 unspecified atom stereocenters. The molecular formula is C16H24N2O4. The second-order valence-corrected chi connectivity index (χ2v) is 6.02. The van der Waals surface area contributed by atoms with Crippen molar-refractivity contribution >= 4 is 5.69 Å². The summed E-state index contributed by atoms with van der Waals surface area (Å²) in [5, 5.41) is 21.1. The molecule has 2 rings (SSSR count). The lowest BCUT2D eigenvalue weighted by Gasteiger charge is -2.39. The van der Waals surface area contributed by atoms with Gasteiger partial charge in [-0.15, -0.1) is 0 Å². The molecule has 1 heterocycles. The van der Waals surface area contributed by atoms with Crippen molar-refractivity contribution in [2.45, 2.75) is 51.3 Å². The Morgan fingerprint density at radius 2 is 2.00 bits per heavy atom. The number of piperidine rings is 1. The maximum atomic E-state index is 10.9. The lowest BCUT2D eigenvalue weighted by atomic mass is 9.97. The van der Waals surface area contributed by atoms with Crippen molar-refractivity contribution in [2.24, 2.45) is 0 Å². The summed E-state index contributed by atoms with van der Waals surface area (Å²) in [7, 11) is 0. The van der Waals surface area contributed by atoms with E-state index >= 15 is 0 Å². The minimum Gasteiger partial charge on any atom is -0.484 e. The van der Waals surface area contributed by atoms with Gasteiger partial charge in [0.05, 0.1) is 4.92 Å². The fourth-order valence-corrected chi connectivity index (χ4v) is 3.05. The van der Waals surface area contributed by atoms with Gasteiger partial charge in [0.25, 0.3) is 0 Å². The predicted molar refractivity (Wildman–Crippen MR) is 84.1 cm³/mol. The van der Waals surface area contributed by atoms with Crippen LogP contribution < -0.4 is 4.74 Å². The molecule has 1 aliphatic rings. The average Bonchev–Trinajstić information content (AvgIpc) is 2.49. The molecule has 6 heteroatoms. The minimum atomic E-state index is -0.664. The first-order valence-corrected chi connectivity index (χ1v) is 7.79. The van der Waals surface area contributed by atoms with Crippen LogP contribution in [0.25, 0.3) is 0 Å². The number of likely N-dealkylation sites (tertiary alicyclic amines) is 1. The lowest BCUT2D eigenvalue weighted by Crippen LogP contribution is -2.48. The average molecular weight is 308 g/mol. The van der Waals surface area contributed by atoms with Gasteiger partial charge < -0.3 is 9.84 Å². The van der Waals surface area contributed by atoms with Gasteiger partial charge in [0, 0.05) is 24.7 Å². The van der Waals surface area contributed by atoms with Gasteiger partial charge in [-0.2, -0.15) is 0 Å². The van der Waals surface area contributed by atoms with Crippen LogP contribution in [-0.2, 0) is 0 Å². The number of hydrogen-bond acceptors (Lipinski definition) is 5. The molecule has 1 aromatic rings. The van der Waals surface area contributed by atoms with Gasteiger partial charge in [0.15, 0.2) is 5.75 Å². The second-order valence-electron chi connectivity index (χ2n) is 6.02. The highest BCUT2D eigenvalue weighted by molar-refractivity contribution is 5.45. The minimum absolute atomic E-state index is 0.0563. The molecule has 1 N–H and O–H groups in total. The molecule has 0 spiro atoms. The number of nitro benzene ring substituents is 1. The summed E-state index contributed by atoms with van der Waals surface area (Å²) < 4.78 is 5.45. The van der Waals surface area contributed by atoms with Crippen LogP contribution in [0.1, 0.15) is 33.1 Å². The number of ether oxygens (including phenoxy) is 1. The quantitative estimate of drug-likeness (QED) is 0.646. The molecule has 6 nitrogen and oxygen atoms in total. The number of aliphatic hydroxyl groups excluding tert-OH is 1. The van der Waals surface area contributed by atoms with Crippen molar-refractivity contribution in [3.8, 4) is 5.75 Å². The van der Waals surface area contributed by atoms with Gasteiger partial charge in [0.2, 0.25) is 0 Å². The molecule has 1 fully saturated rings. The molecule has 1 aromatic carbocycles. The third kappa shape index (κ3) is 4.18. The molecule has 0 aromatic heterocycles. The summed E-state index contributed by atoms with van der Waals surface area (Å²) in [4.78, 5) is 12.7. The monoisotopic (exact) mass is 308 g/mol. The maximum Gasteiger partial charge on any atom is 0.310 e. The summed E-state index contributed by atoms with van der Waals surface area (Å²) >= 11 is 0. The van der Waals surface area contributed by atoms with E-state index in [0.717, 1.165) is 12.8 Å². The number of para-hydroxylation sites is 2. The van der Waals surface area contributed by atoms with E-state index in [4.69, 9.17) is 4.74 Å². The molecule has 1 saturated heterocycles. The Bertz CT molecular complexity index is 499. The summed E-state index contributed by atoms with van der Waals surface area (Å²) in [5.41, 5.74) is -0.0746. The molecule has 0 saturated carbocycles. The Balaban J connectivity index is 1.90. The Morgan fingerprint density at radius 1 is 1.36 bits per heavy atom. The van der Waals surface area contributed by atoms with Crippen molar-refractivity contribution in [3.63, 3.8) is 0 Å². The normalized spacial score (nSPS) is 24.0. The van der Waals surface area contributed by atoms with E-state index in [1.54, 1.807) is 18.2 Å². The largest absolute Gasteiger partial charge is 0.484 e. The summed E-state index contributed by atoms with van der Waals surface area (Å²) in [5.74, 6) is 0.200. The highest BCUT2D eigenvalue weighted by atomic mass is 16.6. The third-order valence-electron chi connectivity index (χ3n) is 4.29. The van der Waals surface area contributed by atoms with E-state index in [2.05, 4.69) is 18.7 Å². The van der Waals surface area contributed by atoms with E-state index < -0.39 is 11.0 Å². The van der Waals surface area contributed by atoms with Crippen LogP contribution in [0.3, 0.4) is 0 Å². The van der Waals surface area contributed by atoms with Crippen LogP contribution in [0.5, 0.6) is 5.75 Å². The number of nitro groups is 1. The molecular weight excluding hydrogens is 284 g/mol. The topological polar surface area (TPSA) is 75.8 Å². The van der Waals surface area contributed by atoms with Crippen molar-refractivity contribution in [1.82, 2.24) is 4.90 Å². The zero-order valence-electron chi connectivity index (χ0n) is 13.1. The number of benzene rings is 1. The summed E-state index contributed by atoms with van der Waals surface area (Å²) in [6.07, 6.45) is 2.84. The first kappa shape index (κ1) is 16.7. The highest BCUT2D eigenvalue weighted by Crippen LogP contribution is 2.26. The van der Waals surface area contributed by atoms with E-state index in [1.165, 1.54) is 12.5 Å². The Kier molecular flexibility index (Phi) is 5.74. The van der Waals surface area contributed by atoms with Gasteiger partial charge in [-0.05, 0) is 32.8 Å². The zero-order valence-corrected chi connectivity index (χ0v) is 13.1. The summed E-state index contributed by atoms with van der Waals surface area (Å²) in [6.45, 7) is 4.93. The van der Waals surface area contributed by atoms with Crippen molar-refractivity contribution in [1.29, 1.82) is 0 Å². The number of aliphatic hydroxyl groups is 1. The van der Waals surface area contributed by atoms with Crippen LogP contribution >= 0.6 is 0 Å². The van der Waals surface area contributed by atoms with Gasteiger partial charge in [-0.1, -0.05) is 18.6 Å². The number of β-amino-alcohol motifs (C(OH)–C–C–N with tert-alkyl or cyclic N) is 1. The van der Waals surface area contributed by atoms with Crippen molar-refractivity contribution in [2.75, 3.05) is 13.2 Å². The van der Waals surface area contributed by atoms with Gasteiger partial charge in [-0.25, -0.2) is 0 Å². The molecule has 1 aliphatic heterocycles. The number of rotatable bonds is 6. The maximum absolute atomic E-state index is 10.9. The highest BCUT2D eigenvalue weighted by Gasteiger charge is 2.26. The molecule has 0 radical (unpaired) electrons. The standard InChI is InChI=1S/C16H24N2O4/c1-12-6-5-7-13(2)17(12)10-14(19)11-22-16-9-4-3-8-15(16)18(20)21/h3-4,8-9,12-14,19H,5-7,10-11H2,1-2H3. The Labute approximate surface area is 130 Å². The van der Waals surface area contributed by atoms with E-state index in [9.17, 15) is 15.2 Å². The van der Waals surface area contributed by atoms with E-state index in [0.29, 0.717) is 18.6 Å². The van der Waals surface area contributed by atoms with Crippen LogP contribution in [0.2, 0.25) is 0 Å². The fraction of sp³-hybridized carbons (Fsp3) is 0.625. The molecule has 0 aliphatic carbocycles. The van der Waals surface area contributed by atoms with Gasteiger partial charge >= 0.3 is 5.69 Å². The first-order valence-electron chi connectivity index (χ1n) is 7.79. The number of hydrogen-bond donors (Lipinski definition) is 1. The molecule has 0 bridgehead atoms. The lowest BCUT2D eigenvalue weighted by molar-refractivity contribution is -0.385. The molecule has 3 atom stereocenters. The van der Waals surface area contributed by atoms with E-state index in [1.807, 2.05) is 0 Å². The predicted octanol–water partition coefficient (Wildman–Crippen LogP) is 2.60.